The zero-order valence-electron chi connectivity index (χ0n) is 11.3. The molecule has 0 bridgehead atoms. The van der Waals surface area contributed by atoms with Crippen molar-refractivity contribution >= 4 is 11.6 Å². The van der Waals surface area contributed by atoms with Gasteiger partial charge >= 0.3 is 0 Å². The molecule has 1 aliphatic carbocycles. The summed E-state index contributed by atoms with van der Waals surface area (Å²) >= 11 is 0. The van der Waals surface area contributed by atoms with Gasteiger partial charge in [-0.2, -0.15) is 0 Å². The molecule has 2 heterocycles. The lowest BCUT2D eigenvalue weighted by Gasteiger charge is -2.23. The number of nitrogen functional groups attached to an aromatic ring is 1. The summed E-state index contributed by atoms with van der Waals surface area (Å²) < 4.78 is 5.76. The van der Waals surface area contributed by atoms with E-state index in [1.54, 1.807) is 0 Å². The Bertz CT molecular complexity index is 454. The van der Waals surface area contributed by atoms with Gasteiger partial charge in [0.2, 0.25) is 0 Å². The number of hydrogen-bond donors (Lipinski definition) is 3. The number of rotatable bonds is 5. The molecule has 2 fully saturated rings. The maximum atomic E-state index is 5.76. The molecular weight excluding hydrogens is 242 g/mol. The quantitative estimate of drug-likeness (QED) is 0.553. The van der Waals surface area contributed by atoms with Gasteiger partial charge in [0.25, 0.3) is 0 Å². The summed E-state index contributed by atoms with van der Waals surface area (Å²) in [5.74, 6) is 8.34. The fourth-order valence-electron chi connectivity index (χ4n) is 2.41. The van der Waals surface area contributed by atoms with E-state index in [-0.39, 0.29) is 5.60 Å². The molecule has 3 rings (SSSR count). The standard InChI is InChI=1S/C13H21N5O/c1-13(5-2-6-19-13)8-15-10-7-11(18-14)17-12(16-10)9-3-4-9/h7,9H,2-6,8,14H2,1H3,(H2,15,16,17,18). The molecule has 104 valence electrons. The van der Waals surface area contributed by atoms with Crippen LogP contribution in [0.3, 0.4) is 0 Å². The van der Waals surface area contributed by atoms with E-state index in [2.05, 4.69) is 27.6 Å². The molecule has 1 atom stereocenters. The lowest BCUT2D eigenvalue weighted by Crippen LogP contribution is -2.32. The summed E-state index contributed by atoms with van der Waals surface area (Å²) in [7, 11) is 0. The maximum absolute atomic E-state index is 5.76. The summed E-state index contributed by atoms with van der Waals surface area (Å²) in [6.07, 6.45) is 4.57. The molecule has 1 saturated heterocycles. The number of hydrazine groups is 1. The summed E-state index contributed by atoms with van der Waals surface area (Å²) in [6.45, 7) is 3.75. The molecular formula is C13H21N5O. The number of hydrogen-bond acceptors (Lipinski definition) is 6. The van der Waals surface area contributed by atoms with Crippen molar-refractivity contribution in [1.82, 2.24) is 9.97 Å². The molecule has 1 aromatic heterocycles. The van der Waals surface area contributed by atoms with Crippen molar-refractivity contribution in [3.8, 4) is 0 Å². The zero-order valence-corrected chi connectivity index (χ0v) is 11.3. The molecule has 6 heteroatoms. The van der Waals surface area contributed by atoms with Gasteiger partial charge in [-0.3, -0.25) is 0 Å². The molecule has 0 radical (unpaired) electrons. The van der Waals surface area contributed by atoms with Gasteiger partial charge < -0.3 is 15.5 Å². The molecule has 0 aromatic carbocycles. The van der Waals surface area contributed by atoms with Crippen LogP contribution in [0.2, 0.25) is 0 Å². The number of aromatic nitrogens is 2. The van der Waals surface area contributed by atoms with Crippen LogP contribution in [0.15, 0.2) is 6.07 Å². The van der Waals surface area contributed by atoms with Crippen molar-refractivity contribution < 1.29 is 4.74 Å². The molecule has 1 aliphatic heterocycles. The minimum Gasteiger partial charge on any atom is -0.373 e. The van der Waals surface area contributed by atoms with Crippen molar-refractivity contribution in [3.05, 3.63) is 11.9 Å². The van der Waals surface area contributed by atoms with Crippen LogP contribution in [0.4, 0.5) is 11.6 Å². The first-order valence-corrected chi connectivity index (χ1v) is 6.92. The third-order valence-electron chi connectivity index (χ3n) is 3.78. The minimum atomic E-state index is -0.0823. The normalized spacial score (nSPS) is 26.4. The van der Waals surface area contributed by atoms with Crippen LogP contribution in [0.25, 0.3) is 0 Å². The fraction of sp³-hybridized carbons (Fsp3) is 0.692. The van der Waals surface area contributed by atoms with Crippen molar-refractivity contribution in [3.63, 3.8) is 0 Å². The Kier molecular flexibility index (Phi) is 3.28. The molecule has 2 aliphatic rings. The maximum Gasteiger partial charge on any atom is 0.145 e. The fourth-order valence-corrected chi connectivity index (χ4v) is 2.41. The van der Waals surface area contributed by atoms with E-state index in [4.69, 9.17) is 10.6 Å². The number of nitrogens with two attached hydrogens (primary N) is 1. The molecule has 1 unspecified atom stereocenters. The molecule has 19 heavy (non-hydrogen) atoms. The monoisotopic (exact) mass is 263 g/mol. The van der Waals surface area contributed by atoms with E-state index in [9.17, 15) is 0 Å². The summed E-state index contributed by atoms with van der Waals surface area (Å²) in [6, 6.07) is 1.84. The highest BCUT2D eigenvalue weighted by molar-refractivity contribution is 5.47. The average molecular weight is 263 g/mol. The second-order valence-electron chi connectivity index (χ2n) is 5.67. The number of ether oxygens (including phenoxy) is 1. The van der Waals surface area contributed by atoms with Crippen LogP contribution in [0.1, 0.15) is 44.3 Å². The van der Waals surface area contributed by atoms with E-state index < -0.39 is 0 Å². The Balaban J connectivity index is 1.70. The highest BCUT2D eigenvalue weighted by atomic mass is 16.5. The average Bonchev–Trinajstić information content (AvgIpc) is 3.19. The Morgan fingerprint density at radius 2 is 2.21 bits per heavy atom. The SMILES string of the molecule is CC1(CNc2cc(NN)nc(C3CC3)n2)CCCO1. The highest BCUT2D eigenvalue weighted by Crippen LogP contribution is 2.38. The van der Waals surface area contributed by atoms with Crippen LogP contribution in [-0.2, 0) is 4.74 Å². The predicted molar refractivity (Wildman–Crippen MR) is 73.9 cm³/mol. The second-order valence-corrected chi connectivity index (χ2v) is 5.67. The van der Waals surface area contributed by atoms with Gasteiger partial charge in [-0.15, -0.1) is 0 Å². The van der Waals surface area contributed by atoms with Gasteiger partial charge in [0.1, 0.15) is 17.5 Å². The molecule has 6 nitrogen and oxygen atoms in total. The minimum absolute atomic E-state index is 0.0823. The number of nitrogens with zero attached hydrogens (tertiary/aromatic N) is 2. The van der Waals surface area contributed by atoms with E-state index in [0.717, 1.165) is 37.6 Å². The summed E-state index contributed by atoms with van der Waals surface area (Å²) in [5, 5.41) is 3.35. The van der Waals surface area contributed by atoms with Gasteiger partial charge in [0.15, 0.2) is 0 Å². The van der Waals surface area contributed by atoms with E-state index in [1.165, 1.54) is 12.8 Å². The molecule has 4 N–H and O–H groups in total. The molecule has 1 saturated carbocycles. The Hall–Kier alpha value is -1.40. The highest BCUT2D eigenvalue weighted by Gasteiger charge is 2.30. The first-order valence-electron chi connectivity index (χ1n) is 6.92. The third-order valence-corrected chi connectivity index (χ3v) is 3.78. The first kappa shape index (κ1) is 12.6. The van der Waals surface area contributed by atoms with Crippen molar-refractivity contribution in [2.75, 3.05) is 23.9 Å². The Labute approximate surface area is 113 Å². The van der Waals surface area contributed by atoms with Crippen LogP contribution >= 0.6 is 0 Å². The van der Waals surface area contributed by atoms with Crippen LogP contribution in [0, 0.1) is 0 Å². The van der Waals surface area contributed by atoms with Gasteiger partial charge in [0.05, 0.1) is 5.60 Å². The van der Waals surface area contributed by atoms with Gasteiger partial charge in [-0.05, 0) is 32.6 Å². The summed E-state index contributed by atoms with van der Waals surface area (Å²) in [5.41, 5.74) is 2.52. The summed E-state index contributed by atoms with van der Waals surface area (Å²) in [4.78, 5) is 8.95. The van der Waals surface area contributed by atoms with Crippen molar-refractivity contribution in [2.24, 2.45) is 5.84 Å². The number of anilines is 2. The number of nitrogens with one attached hydrogen (secondary N) is 2. The second kappa shape index (κ2) is 4.94. The van der Waals surface area contributed by atoms with Gasteiger partial charge in [-0.25, -0.2) is 15.8 Å². The van der Waals surface area contributed by atoms with E-state index in [0.29, 0.717) is 11.7 Å². The molecule has 0 spiro atoms. The molecule has 0 amide bonds. The van der Waals surface area contributed by atoms with Crippen molar-refractivity contribution in [1.29, 1.82) is 0 Å². The lowest BCUT2D eigenvalue weighted by atomic mass is 10.0. The van der Waals surface area contributed by atoms with E-state index in [1.807, 2.05) is 6.07 Å². The Morgan fingerprint density at radius 3 is 2.84 bits per heavy atom. The Morgan fingerprint density at radius 1 is 1.42 bits per heavy atom. The van der Waals surface area contributed by atoms with Gasteiger partial charge in [-0.1, -0.05) is 0 Å². The van der Waals surface area contributed by atoms with Crippen LogP contribution in [-0.4, -0.2) is 28.7 Å². The van der Waals surface area contributed by atoms with Crippen molar-refractivity contribution in [2.45, 2.75) is 44.1 Å². The predicted octanol–water partition coefficient (Wildman–Crippen LogP) is 1.62. The molecule has 1 aromatic rings. The van der Waals surface area contributed by atoms with Crippen LogP contribution < -0.4 is 16.6 Å². The topological polar surface area (TPSA) is 85.1 Å². The van der Waals surface area contributed by atoms with E-state index >= 15 is 0 Å². The van der Waals surface area contributed by atoms with Crippen LogP contribution in [0.5, 0.6) is 0 Å². The smallest absolute Gasteiger partial charge is 0.145 e. The largest absolute Gasteiger partial charge is 0.373 e. The lowest BCUT2D eigenvalue weighted by molar-refractivity contribution is 0.0314. The zero-order chi connectivity index (χ0) is 13.3. The third kappa shape index (κ3) is 2.96. The van der Waals surface area contributed by atoms with Gasteiger partial charge in [0, 0.05) is 25.1 Å². The first-order chi connectivity index (χ1) is 9.18.